The number of pyridine rings is 1. The molecular weight excluding hydrogens is 320 g/mol. The Labute approximate surface area is 145 Å². The molecule has 2 aromatic heterocycles. The van der Waals surface area contributed by atoms with Crippen molar-refractivity contribution in [2.75, 3.05) is 20.6 Å². The van der Waals surface area contributed by atoms with Crippen LogP contribution < -0.4 is 0 Å². The third-order valence-electron chi connectivity index (χ3n) is 4.58. The first-order chi connectivity index (χ1) is 11.0. The third kappa shape index (κ3) is 4.31. The summed E-state index contributed by atoms with van der Waals surface area (Å²) in [5.74, 6) is 0.782. The predicted octanol–water partition coefficient (Wildman–Crippen LogP) is 4.09. The van der Waals surface area contributed by atoms with E-state index in [2.05, 4.69) is 38.8 Å². The van der Waals surface area contributed by atoms with Crippen LogP contribution in [0, 0.1) is 0 Å². The summed E-state index contributed by atoms with van der Waals surface area (Å²) in [6.45, 7) is 11.9. The lowest BCUT2D eigenvalue weighted by Gasteiger charge is -2.35. The van der Waals surface area contributed by atoms with Crippen LogP contribution in [-0.4, -0.2) is 44.6 Å². The second kappa shape index (κ2) is 6.78. The molecular formula is C18H28N2O3Si. The van der Waals surface area contributed by atoms with E-state index in [1.54, 1.807) is 12.3 Å². The molecule has 6 heteroatoms. The molecule has 0 aromatic carbocycles. The van der Waals surface area contributed by atoms with Gasteiger partial charge in [-0.3, -0.25) is 9.78 Å². The zero-order valence-corrected chi connectivity index (χ0v) is 16.8. The van der Waals surface area contributed by atoms with Crippen molar-refractivity contribution in [2.45, 2.75) is 45.5 Å². The summed E-state index contributed by atoms with van der Waals surface area (Å²) in [5.41, 5.74) is 1.96. The van der Waals surface area contributed by atoms with E-state index in [0.717, 1.165) is 11.3 Å². The molecule has 0 spiro atoms. The normalized spacial score (nSPS) is 13.0. The largest absolute Gasteiger partial charge is 0.457 e. The average molecular weight is 349 g/mol. The number of carbonyl (C=O) groups is 1. The van der Waals surface area contributed by atoms with Gasteiger partial charge in [0.25, 0.3) is 0 Å². The SMILES string of the molecule is CN(C)CC(=O)c1cnc2cc(CO[Si](C)(C)C(C)(C)C)oc2c1. The van der Waals surface area contributed by atoms with Gasteiger partial charge in [0.15, 0.2) is 19.7 Å². The monoisotopic (exact) mass is 348 g/mol. The first-order valence-electron chi connectivity index (χ1n) is 8.20. The highest BCUT2D eigenvalue weighted by atomic mass is 28.4. The quantitative estimate of drug-likeness (QED) is 0.581. The number of fused-ring (bicyclic) bond motifs is 1. The van der Waals surface area contributed by atoms with Gasteiger partial charge in [-0.15, -0.1) is 0 Å². The molecule has 0 saturated carbocycles. The molecule has 0 unspecified atom stereocenters. The predicted molar refractivity (Wildman–Crippen MR) is 98.9 cm³/mol. The second-order valence-electron chi connectivity index (χ2n) is 8.03. The van der Waals surface area contributed by atoms with E-state index in [4.69, 9.17) is 8.84 Å². The van der Waals surface area contributed by atoms with Gasteiger partial charge in [0.2, 0.25) is 0 Å². The number of carbonyl (C=O) groups excluding carboxylic acids is 1. The van der Waals surface area contributed by atoms with Crippen LogP contribution in [0.15, 0.2) is 22.7 Å². The topological polar surface area (TPSA) is 55.6 Å². The molecule has 2 rings (SSSR count). The van der Waals surface area contributed by atoms with E-state index < -0.39 is 8.32 Å². The molecule has 0 saturated heterocycles. The van der Waals surface area contributed by atoms with E-state index >= 15 is 0 Å². The third-order valence-corrected chi connectivity index (χ3v) is 9.06. The van der Waals surface area contributed by atoms with Gasteiger partial charge in [-0.2, -0.15) is 0 Å². The van der Waals surface area contributed by atoms with Crippen molar-refractivity contribution in [3.63, 3.8) is 0 Å². The van der Waals surface area contributed by atoms with E-state index in [1.807, 2.05) is 25.1 Å². The number of Topliss-reactive ketones (excluding diaryl/α,β-unsaturated/α-hetero) is 1. The zero-order chi connectivity index (χ0) is 18.1. The number of aromatic nitrogens is 1. The molecule has 2 aromatic rings. The number of hydrogen-bond acceptors (Lipinski definition) is 5. The fourth-order valence-corrected chi connectivity index (χ4v) is 2.97. The van der Waals surface area contributed by atoms with Crippen molar-refractivity contribution < 1.29 is 13.6 Å². The van der Waals surface area contributed by atoms with Crippen molar-refractivity contribution in [3.8, 4) is 0 Å². The maximum atomic E-state index is 12.1. The van der Waals surface area contributed by atoms with Gasteiger partial charge in [-0.05, 0) is 38.3 Å². The Morgan fingerprint density at radius 3 is 2.54 bits per heavy atom. The number of ketones is 1. The van der Waals surface area contributed by atoms with Crippen molar-refractivity contribution in [2.24, 2.45) is 0 Å². The van der Waals surface area contributed by atoms with E-state index in [0.29, 0.717) is 24.3 Å². The van der Waals surface area contributed by atoms with Crippen LogP contribution in [0.25, 0.3) is 11.1 Å². The van der Waals surface area contributed by atoms with Crippen molar-refractivity contribution in [1.29, 1.82) is 0 Å². The Hall–Kier alpha value is -1.50. The summed E-state index contributed by atoms with van der Waals surface area (Å²) in [5, 5.41) is 0.156. The van der Waals surface area contributed by atoms with E-state index in [-0.39, 0.29) is 10.8 Å². The van der Waals surface area contributed by atoms with Crippen LogP contribution in [0.2, 0.25) is 18.1 Å². The summed E-state index contributed by atoms with van der Waals surface area (Å²) >= 11 is 0. The molecule has 0 bridgehead atoms. The van der Waals surface area contributed by atoms with Gasteiger partial charge >= 0.3 is 0 Å². The maximum Gasteiger partial charge on any atom is 0.192 e. The molecule has 0 atom stereocenters. The summed E-state index contributed by atoms with van der Waals surface area (Å²) in [6.07, 6.45) is 1.61. The summed E-state index contributed by atoms with van der Waals surface area (Å²) in [4.78, 5) is 18.3. The zero-order valence-electron chi connectivity index (χ0n) is 15.8. The van der Waals surface area contributed by atoms with Gasteiger partial charge in [-0.1, -0.05) is 20.8 Å². The molecule has 0 aliphatic rings. The minimum Gasteiger partial charge on any atom is -0.457 e. The summed E-state index contributed by atoms with van der Waals surface area (Å²) in [7, 11) is 1.91. The molecule has 0 amide bonds. The minimum absolute atomic E-state index is 0.0323. The molecule has 0 fully saturated rings. The van der Waals surface area contributed by atoms with Gasteiger partial charge in [0, 0.05) is 17.8 Å². The molecule has 0 aliphatic carbocycles. The Bertz CT molecular complexity index is 729. The molecule has 24 heavy (non-hydrogen) atoms. The lowest BCUT2D eigenvalue weighted by molar-refractivity contribution is 0.0957. The molecule has 0 radical (unpaired) electrons. The fraction of sp³-hybridized carbons (Fsp3) is 0.556. The lowest BCUT2D eigenvalue weighted by atomic mass is 10.2. The van der Waals surface area contributed by atoms with Crippen LogP contribution in [-0.2, 0) is 11.0 Å². The Balaban J connectivity index is 2.16. The fourth-order valence-electron chi connectivity index (χ4n) is 2.04. The summed E-state index contributed by atoms with van der Waals surface area (Å²) < 4.78 is 12.0. The number of nitrogens with zero attached hydrogens (tertiary/aromatic N) is 2. The van der Waals surface area contributed by atoms with Crippen LogP contribution in [0.5, 0.6) is 0 Å². The molecule has 2 heterocycles. The standard InChI is InChI=1S/C18H28N2O3Si/c1-18(2,3)24(6,7)22-12-14-9-15-17(23-14)8-13(10-19-15)16(21)11-20(4)5/h8-10H,11-12H2,1-7H3. The Kier molecular flexibility index (Phi) is 5.32. The number of hydrogen-bond donors (Lipinski definition) is 0. The van der Waals surface area contributed by atoms with Crippen molar-refractivity contribution in [1.82, 2.24) is 9.88 Å². The highest BCUT2D eigenvalue weighted by molar-refractivity contribution is 6.74. The van der Waals surface area contributed by atoms with Crippen LogP contribution >= 0.6 is 0 Å². The van der Waals surface area contributed by atoms with Gasteiger partial charge in [0.1, 0.15) is 11.3 Å². The van der Waals surface area contributed by atoms with Crippen molar-refractivity contribution >= 4 is 25.2 Å². The maximum absolute atomic E-state index is 12.1. The molecule has 0 aliphatic heterocycles. The lowest BCUT2D eigenvalue weighted by Crippen LogP contribution is -2.40. The van der Waals surface area contributed by atoms with Crippen LogP contribution in [0.3, 0.4) is 0 Å². The average Bonchev–Trinajstić information content (AvgIpc) is 2.85. The van der Waals surface area contributed by atoms with Gasteiger partial charge < -0.3 is 13.7 Å². The molecule has 5 nitrogen and oxygen atoms in total. The molecule has 132 valence electrons. The Morgan fingerprint density at radius 1 is 1.29 bits per heavy atom. The van der Waals surface area contributed by atoms with Gasteiger partial charge in [-0.25, -0.2) is 0 Å². The van der Waals surface area contributed by atoms with E-state index in [9.17, 15) is 4.79 Å². The molecule has 0 N–H and O–H groups in total. The van der Waals surface area contributed by atoms with Crippen molar-refractivity contribution in [3.05, 3.63) is 29.7 Å². The van der Waals surface area contributed by atoms with E-state index in [1.165, 1.54) is 0 Å². The highest BCUT2D eigenvalue weighted by Crippen LogP contribution is 2.37. The Morgan fingerprint density at radius 2 is 1.96 bits per heavy atom. The highest BCUT2D eigenvalue weighted by Gasteiger charge is 2.37. The number of likely N-dealkylation sites (N-methyl/N-ethyl adjacent to an activating group) is 1. The minimum atomic E-state index is -1.82. The number of furan rings is 1. The summed E-state index contributed by atoms with van der Waals surface area (Å²) in [6, 6.07) is 3.66. The van der Waals surface area contributed by atoms with Crippen LogP contribution in [0.4, 0.5) is 0 Å². The first kappa shape index (κ1) is 18.8. The van der Waals surface area contributed by atoms with Gasteiger partial charge in [0.05, 0.1) is 13.2 Å². The smallest absolute Gasteiger partial charge is 0.192 e. The first-order valence-corrected chi connectivity index (χ1v) is 11.1. The number of rotatable bonds is 6. The van der Waals surface area contributed by atoms with Crippen LogP contribution in [0.1, 0.15) is 36.9 Å². The second-order valence-corrected chi connectivity index (χ2v) is 12.8.